The average Bonchev–Trinajstić information content (AvgIpc) is 3.65. The molecule has 0 aliphatic carbocycles. The largest absolute Gasteiger partial charge is 0.507 e. The van der Waals surface area contributed by atoms with Crippen molar-refractivity contribution in [2.45, 2.75) is 22.7 Å². The lowest BCUT2D eigenvalue weighted by molar-refractivity contribution is -0.132. The summed E-state index contributed by atoms with van der Waals surface area (Å²) in [5.41, 5.74) is 2.98. The predicted octanol–water partition coefficient (Wildman–Crippen LogP) is 7.81. The minimum Gasteiger partial charge on any atom is -0.507 e. The molecule has 11 heteroatoms. The first-order valence-corrected chi connectivity index (χ1v) is 16.4. The number of benzene rings is 4. The maximum Gasteiger partial charge on any atom is 0.301 e. The number of hydrogen-bond donors (Lipinski definition) is 1. The molecule has 1 aliphatic rings. The number of halogens is 1. The third-order valence-corrected chi connectivity index (χ3v) is 9.77. The van der Waals surface area contributed by atoms with Gasteiger partial charge in [0.1, 0.15) is 12.4 Å². The van der Waals surface area contributed by atoms with E-state index in [9.17, 15) is 14.7 Å². The second-order valence-corrected chi connectivity index (χ2v) is 13.1. The summed E-state index contributed by atoms with van der Waals surface area (Å²) in [4.78, 5) is 28.6. The normalized spacial score (nSPS) is 15.8. The number of aromatic nitrogens is 2. The number of carbonyl (C=O) groups is 2. The zero-order valence-corrected chi connectivity index (χ0v) is 27.1. The lowest BCUT2D eigenvalue weighted by atomic mass is 9.95. The van der Waals surface area contributed by atoms with Crippen LogP contribution in [0.1, 0.15) is 28.3 Å². The molecule has 1 unspecified atom stereocenters. The van der Waals surface area contributed by atoms with Gasteiger partial charge in [0, 0.05) is 15.8 Å². The second-order valence-electron chi connectivity index (χ2n) is 9.99. The summed E-state index contributed by atoms with van der Waals surface area (Å²) in [7, 11) is 1.52. The Kier molecular flexibility index (Phi) is 9.29. The molecule has 6 rings (SSSR count). The van der Waals surface area contributed by atoms with Crippen LogP contribution in [0.15, 0.2) is 118 Å². The van der Waals surface area contributed by atoms with Gasteiger partial charge in [0.15, 0.2) is 15.8 Å². The Balaban J connectivity index is 1.38. The molecule has 2 heterocycles. The molecule has 0 radical (unpaired) electrons. The van der Waals surface area contributed by atoms with E-state index in [1.165, 1.54) is 35.1 Å². The van der Waals surface area contributed by atoms with E-state index in [0.717, 1.165) is 15.6 Å². The molecular weight excluding hydrogens is 674 g/mol. The summed E-state index contributed by atoms with van der Waals surface area (Å²) in [5.74, 6) is -0.349. The Hall–Kier alpha value is -4.45. The van der Waals surface area contributed by atoms with Gasteiger partial charge in [-0.05, 0) is 41.0 Å². The summed E-state index contributed by atoms with van der Waals surface area (Å²) in [6.07, 6.45) is 0. The third kappa shape index (κ3) is 6.65. The maximum absolute atomic E-state index is 13.7. The third-order valence-electron chi connectivity index (χ3n) is 7.11. The molecule has 1 saturated heterocycles. The number of ether oxygens (including phenoxy) is 2. The monoisotopic (exact) mass is 699 g/mol. The molecule has 45 heavy (non-hydrogen) atoms. The van der Waals surface area contributed by atoms with Crippen molar-refractivity contribution < 1.29 is 24.2 Å². The van der Waals surface area contributed by atoms with Gasteiger partial charge < -0.3 is 14.6 Å². The first-order chi connectivity index (χ1) is 21.9. The van der Waals surface area contributed by atoms with E-state index < -0.39 is 17.7 Å². The Morgan fingerprint density at radius 3 is 2.29 bits per heavy atom. The van der Waals surface area contributed by atoms with E-state index in [1.807, 2.05) is 60.7 Å². The number of nitrogens with zero attached hydrogens (tertiary/aromatic N) is 3. The van der Waals surface area contributed by atoms with Crippen LogP contribution in [0.3, 0.4) is 0 Å². The van der Waals surface area contributed by atoms with E-state index in [0.29, 0.717) is 39.3 Å². The van der Waals surface area contributed by atoms with Crippen LogP contribution in [-0.2, 0) is 21.9 Å². The maximum atomic E-state index is 13.7. The number of methoxy groups -OCH3 is 1. The number of thioether (sulfide) groups is 1. The average molecular weight is 701 g/mol. The lowest BCUT2D eigenvalue weighted by Crippen LogP contribution is -2.29. The van der Waals surface area contributed by atoms with E-state index in [1.54, 1.807) is 42.5 Å². The van der Waals surface area contributed by atoms with Crippen LogP contribution in [0.5, 0.6) is 11.5 Å². The molecule has 226 valence electrons. The van der Waals surface area contributed by atoms with Crippen molar-refractivity contribution in [2.75, 3.05) is 12.0 Å². The fourth-order valence-electron chi connectivity index (χ4n) is 4.89. The van der Waals surface area contributed by atoms with Crippen LogP contribution in [0, 0.1) is 0 Å². The number of carbonyl (C=O) groups excluding carboxylic acids is 2. The molecule has 8 nitrogen and oxygen atoms in total. The van der Waals surface area contributed by atoms with Crippen molar-refractivity contribution in [3.8, 4) is 11.5 Å². The number of rotatable bonds is 10. The quantitative estimate of drug-likeness (QED) is 0.0518. The van der Waals surface area contributed by atoms with E-state index in [2.05, 4.69) is 26.1 Å². The summed E-state index contributed by atoms with van der Waals surface area (Å²) in [6.45, 7) is 0.326. The van der Waals surface area contributed by atoms with Gasteiger partial charge in [-0.3, -0.25) is 14.5 Å². The smallest absolute Gasteiger partial charge is 0.301 e. The minimum atomic E-state index is -0.995. The van der Waals surface area contributed by atoms with Gasteiger partial charge in [-0.2, -0.15) is 0 Å². The van der Waals surface area contributed by atoms with Crippen molar-refractivity contribution in [1.29, 1.82) is 0 Å². The van der Waals surface area contributed by atoms with Gasteiger partial charge >= 0.3 is 5.91 Å². The van der Waals surface area contributed by atoms with Gasteiger partial charge in [0.25, 0.3) is 5.78 Å². The SMILES string of the molecule is COc1cc(C2/C(=C(/O)c3ccc(Br)cc3)C(=O)C(=O)N2c2nnc(SCc3ccccc3)s2)ccc1OCc1ccccc1. The molecule has 1 atom stereocenters. The molecular formula is C34H26BrN3O5S2. The van der Waals surface area contributed by atoms with E-state index in [4.69, 9.17) is 9.47 Å². The minimum absolute atomic E-state index is 0.0592. The number of hydrogen-bond acceptors (Lipinski definition) is 9. The molecule has 0 saturated carbocycles. The van der Waals surface area contributed by atoms with E-state index in [-0.39, 0.29) is 16.5 Å². The standard InChI is InChI=1S/C34H26BrN3O5S2/c1-42-27-18-24(14-17-26(27)43-19-21-8-4-2-5-9-21)29-28(30(39)23-12-15-25(35)16-13-23)31(40)32(41)38(29)33-36-37-34(45-33)44-20-22-10-6-3-7-11-22/h2-18,29,39H,19-20H2,1H3/b30-28-. The van der Waals surface area contributed by atoms with Crippen molar-refractivity contribution in [1.82, 2.24) is 10.2 Å². The number of aliphatic hydroxyl groups is 1. The van der Waals surface area contributed by atoms with Crippen molar-refractivity contribution in [3.05, 3.63) is 135 Å². The highest BCUT2D eigenvalue weighted by molar-refractivity contribution is 9.10. The first kappa shape index (κ1) is 30.6. The summed E-state index contributed by atoms with van der Waals surface area (Å²) in [5, 5.41) is 20.3. The Morgan fingerprint density at radius 2 is 1.60 bits per heavy atom. The molecule has 0 spiro atoms. The molecule has 5 aromatic rings. The second kappa shape index (κ2) is 13.7. The summed E-state index contributed by atoms with van der Waals surface area (Å²) >= 11 is 6.10. The molecule has 1 N–H and O–H groups in total. The predicted molar refractivity (Wildman–Crippen MR) is 179 cm³/mol. The first-order valence-electron chi connectivity index (χ1n) is 13.8. The number of ketones is 1. The fourth-order valence-corrected chi connectivity index (χ4v) is 6.98. The van der Waals surface area contributed by atoms with Crippen molar-refractivity contribution in [3.63, 3.8) is 0 Å². The van der Waals surface area contributed by atoms with Gasteiger partial charge in [-0.15, -0.1) is 10.2 Å². The highest BCUT2D eigenvalue weighted by Gasteiger charge is 2.48. The molecule has 1 aliphatic heterocycles. The van der Waals surface area contributed by atoms with Crippen LogP contribution in [0.25, 0.3) is 5.76 Å². The van der Waals surface area contributed by atoms with Crippen LogP contribution >= 0.6 is 39.0 Å². The van der Waals surface area contributed by atoms with Gasteiger partial charge in [-0.1, -0.05) is 118 Å². The van der Waals surface area contributed by atoms with Crippen LogP contribution in [0.2, 0.25) is 0 Å². The van der Waals surface area contributed by atoms with Crippen LogP contribution in [-0.4, -0.2) is 34.1 Å². The zero-order valence-electron chi connectivity index (χ0n) is 23.9. The fraction of sp³-hybridized carbons (Fsp3) is 0.118. The number of amides is 1. The lowest BCUT2D eigenvalue weighted by Gasteiger charge is -2.23. The van der Waals surface area contributed by atoms with Crippen LogP contribution in [0.4, 0.5) is 5.13 Å². The molecule has 0 bridgehead atoms. The Bertz CT molecular complexity index is 1860. The number of anilines is 1. The van der Waals surface area contributed by atoms with Crippen molar-refractivity contribution >= 4 is 61.6 Å². The van der Waals surface area contributed by atoms with Gasteiger partial charge in [-0.25, -0.2) is 0 Å². The Labute approximate surface area is 276 Å². The van der Waals surface area contributed by atoms with Crippen molar-refractivity contribution in [2.24, 2.45) is 0 Å². The summed E-state index contributed by atoms with van der Waals surface area (Å²) < 4.78 is 13.2. The number of aliphatic hydroxyl groups excluding tert-OH is 1. The highest BCUT2D eigenvalue weighted by Crippen LogP contribution is 2.45. The molecule has 4 aromatic carbocycles. The van der Waals surface area contributed by atoms with Crippen LogP contribution < -0.4 is 14.4 Å². The number of Topliss-reactive ketones (excluding diaryl/α,β-unsaturated/α-hetero) is 1. The Morgan fingerprint density at radius 1 is 0.911 bits per heavy atom. The van der Waals surface area contributed by atoms with E-state index >= 15 is 0 Å². The molecule has 1 amide bonds. The molecule has 1 fully saturated rings. The highest BCUT2D eigenvalue weighted by atomic mass is 79.9. The van der Waals surface area contributed by atoms with Gasteiger partial charge in [0.2, 0.25) is 5.13 Å². The van der Waals surface area contributed by atoms with Gasteiger partial charge in [0.05, 0.1) is 18.7 Å². The molecule has 1 aromatic heterocycles. The topological polar surface area (TPSA) is 102 Å². The summed E-state index contributed by atoms with van der Waals surface area (Å²) in [6, 6.07) is 30.8. The zero-order chi connectivity index (χ0) is 31.3.